The highest BCUT2D eigenvalue weighted by atomic mass is 32.2. The summed E-state index contributed by atoms with van der Waals surface area (Å²) in [6.45, 7) is 0.263. The van der Waals surface area contributed by atoms with Crippen molar-refractivity contribution in [3.63, 3.8) is 0 Å². The molecule has 0 aromatic heterocycles. The Morgan fingerprint density at radius 2 is 1.95 bits per heavy atom. The Labute approximate surface area is 136 Å². The number of rotatable bonds is 5. The van der Waals surface area contributed by atoms with Crippen LogP contribution in [0, 0.1) is 17.2 Å². The number of aliphatic hydroxyl groups is 1. The van der Waals surface area contributed by atoms with Gasteiger partial charge in [-0.3, -0.25) is 4.79 Å². The van der Waals surface area contributed by atoms with E-state index in [-0.39, 0.29) is 12.5 Å². The van der Waals surface area contributed by atoms with Gasteiger partial charge in [-0.25, -0.2) is 0 Å². The number of nitriles is 1. The summed E-state index contributed by atoms with van der Waals surface area (Å²) >= 11 is 1.50. The van der Waals surface area contributed by atoms with Gasteiger partial charge in [0.1, 0.15) is 0 Å². The average Bonchev–Trinajstić information content (AvgIpc) is 2.59. The van der Waals surface area contributed by atoms with Crippen molar-refractivity contribution in [2.75, 3.05) is 19.4 Å². The fourth-order valence-corrected chi connectivity index (χ4v) is 3.61. The van der Waals surface area contributed by atoms with Crippen LogP contribution in [0.5, 0.6) is 0 Å². The molecule has 1 fully saturated rings. The predicted octanol–water partition coefficient (Wildman–Crippen LogP) is 2.66. The van der Waals surface area contributed by atoms with Gasteiger partial charge in [-0.15, -0.1) is 11.8 Å². The van der Waals surface area contributed by atoms with E-state index in [0.29, 0.717) is 23.3 Å². The van der Waals surface area contributed by atoms with Gasteiger partial charge in [-0.1, -0.05) is 0 Å². The summed E-state index contributed by atoms with van der Waals surface area (Å²) < 4.78 is 0. The van der Waals surface area contributed by atoms with Crippen molar-refractivity contribution in [2.24, 2.45) is 5.92 Å². The van der Waals surface area contributed by atoms with Gasteiger partial charge in [0.2, 0.25) is 5.91 Å². The van der Waals surface area contributed by atoms with E-state index < -0.39 is 0 Å². The maximum Gasteiger partial charge on any atom is 0.232 e. The second-order valence-electron chi connectivity index (χ2n) is 5.79. The Kier molecular flexibility index (Phi) is 6.29. The lowest BCUT2D eigenvalue weighted by molar-refractivity contribution is -0.129. The summed E-state index contributed by atoms with van der Waals surface area (Å²) in [4.78, 5) is 15.2. The van der Waals surface area contributed by atoms with Crippen molar-refractivity contribution >= 4 is 17.7 Å². The standard InChI is InChI=1S/C17H22N2O2S/c1-19(15-6-2-14(11-20)3-7-15)17(21)12-22-16-8-4-13(10-18)5-9-16/h4-5,8-9,14-15,20H,2-3,6-7,11-12H2,1H3. The third-order valence-corrected chi connectivity index (χ3v) is 5.36. The summed E-state index contributed by atoms with van der Waals surface area (Å²) in [5, 5.41) is 17.9. The second-order valence-corrected chi connectivity index (χ2v) is 6.84. The molecule has 0 spiro atoms. The third-order valence-electron chi connectivity index (χ3n) is 4.36. The van der Waals surface area contributed by atoms with Crippen molar-refractivity contribution in [1.29, 1.82) is 5.26 Å². The molecular weight excluding hydrogens is 296 g/mol. The maximum absolute atomic E-state index is 12.3. The first-order valence-corrected chi connectivity index (χ1v) is 8.62. The van der Waals surface area contributed by atoms with Gasteiger partial charge in [0.05, 0.1) is 17.4 Å². The lowest BCUT2D eigenvalue weighted by Gasteiger charge is -2.34. The zero-order valence-corrected chi connectivity index (χ0v) is 13.7. The predicted molar refractivity (Wildman–Crippen MR) is 87.5 cm³/mol. The van der Waals surface area contributed by atoms with Gasteiger partial charge in [-0.05, 0) is 55.9 Å². The fraction of sp³-hybridized carbons (Fsp3) is 0.529. The van der Waals surface area contributed by atoms with Gasteiger partial charge in [0.25, 0.3) is 0 Å². The molecular formula is C17H22N2O2S. The molecule has 0 unspecified atom stereocenters. The first-order valence-electron chi connectivity index (χ1n) is 7.63. The normalized spacial score (nSPS) is 21.1. The topological polar surface area (TPSA) is 64.3 Å². The minimum Gasteiger partial charge on any atom is -0.396 e. The lowest BCUT2D eigenvalue weighted by atomic mass is 9.86. The van der Waals surface area contributed by atoms with E-state index in [2.05, 4.69) is 6.07 Å². The van der Waals surface area contributed by atoms with Crippen LogP contribution in [0.4, 0.5) is 0 Å². The van der Waals surface area contributed by atoms with Crippen LogP contribution < -0.4 is 0 Å². The number of hydrogen-bond donors (Lipinski definition) is 1. The van der Waals surface area contributed by atoms with Crippen LogP contribution >= 0.6 is 11.8 Å². The molecule has 1 aromatic carbocycles. The van der Waals surface area contributed by atoms with Crippen LogP contribution in [0.2, 0.25) is 0 Å². The summed E-state index contributed by atoms with van der Waals surface area (Å²) in [5.41, 5.74) is 0.633. The Balaban J connectivity index is 1.80. The number of nitrogens with zero attached hydrogens (tertiary/aromatic N) is 2. The SMILES string of the molecule is CN(C(=O)CSc1ccc(C#N)cc1)C1CCC(CO)CC1. The first kappa shape index (κ1) is 16.9. The van der Waals surface area contributed by atoms with Crippen LogP contribution in [-0.4, -0.2) is 41.4 Å². The average molecular weight is 318 g/mol. The van der Waals surface area contributed by atoms with E-state index in [1.165, 1.54) is 11.8 Å². The van der Waals surface area contributed by atoms with E-state index in [1.807, 2.05) is 24.1 Å². The molecule has 0 radical (unpaired) electrons. The van der Waals surface area contributed by atoms with Crippen LogP contribution in [-0.2, 0) is 4.79 Å². The fourth-order valence-electron chi connectivity index (χ4n) is 2.79. The number of benzene rings is 1. The molecule has 1 aromatic rings. The lowest BCUT2D eigenvalue weighted by Crippen LogP contribution is -2.40. The van der Waals surface area contributed by atoms with E-state index in [9.17, 15) is 4.79 Å². The monoisotopic (exact) mass is 318 g/mol. The van der Waals surface area contributed by atoms with E-state index in [4.69, 9.17) is 10.4 Å². The molecule has 0 bridgehead atoms. The molecule has 2 rings (SSSR count). The van der Waals surface area contributed by atoms with Crippen molar-refractivity contribution in [3.05, 3.63) is 29.8 Å². The Morgan fingerprint density at radius 1 is 1.32 bits per heavy atom. The van der Waals surface area contributed by atoms with Crippen LogP contribution in [0.15, 0.2) is 29.2 Å². The maximum atomic E-state index is 12.3. The molecule has 1 N–H and O–H groups in total. The first-order chi connectivity index (χ1) is 10.6. The molecule has 1 amide bonds. The van der Waals surface area contributed by atoms with E-state index >= 15 is 0 Å². The summed E-state index contributed by atoms with van der Waals surface area (Å²) in [6.07, 6.45) is 3.97. The molecule has 0 heterocycles. The van der Waals surface area contributed by atoms with Gasteiger partial charge in [-0.2, -0.15) is 5.26 Å². The zero-order valence-electron chi connectivity index (χ0n) is 12.9. The highest BCUT2D eigenvalue weighted by molar-refractivity contribution is 8.00. The van der Waals surface area contributed by atoms with Crippen molar-refractivity contribution in [1.82, 2.24) is 4.90 Å². The second kappa shape index (κ2) is 8.21. The third kappa shape index (κ3) is 4.49. The number of hydrogen-bond acceptors (Lipinski definition) is 4. The molecule has 118 valence electrons. The summed E-state index contributed by atoms with van der Waals surface area (Å²) in [5.74, 6) is 0.970. The summed E-state index contributed by atoms with van der Waals surface area (Å²) in [6, 6.07) is 9.69. The molecule has 1 aliphatic rings. The minimum absolute atomic E-state index is 0.141. The van der Waals surface area contributed by atoms with E-state index in [0.717, 1.165) is 30.6 Å². The molecule has 0 saturated heterocycles. The largest absolute Gasteiger partial charge is 0.396 e. The molecule has 1 aliphatic carbocycles. The highest BCUT2D eigenvalue weighted by Crippen LogP contribution is 2.27. The van der Waals surface area contributed by atoms with E-state index in [1.54, 1.807) is 12.1 Å². The smallest absolute Gasteiger partial charge is 0.232 e. The molecule has 0 aliphatic heterocycles. The summed E-state index contributed by atoms with van der Waals surface area (Å²) in [7, 11) is 1.88. The number of thioether (sulfide) groups is 1. The number of aliphatic hydroxyl groups excluding tert-OH is 1. The van der Waals surface area contributed by atoms with Crippen LogP contribution in [0.1, 0.15) is 31.2 Å². The quantitative estimate of drug-likeness (QED) is 0.848. The van der Waals surface area contributed by atoms with Gasteiger partial charge in [0.15, 0.2) is 0 Å². The zero-order chi connectivity index (χ0) is 15.9. The number of carbonyl (C=O) groups excluding carboxylic acids is 1. The molecule has 1 saturated carbocycles. The van der Waals surface area contributed by atoms with Gasteiger partial charge < -0.3 is 10.0 Å². The number of amides is 1. The molecule has 22 heavy (non-hydrogen) atoms. The Morgan fingerprint density at radius 3 is 2.50 bits per heavy atom. The highest BCUT2D eigenvalue weighted by Gasteiger charge is 2.26. The Hall–Kier alpha value is -1.51. The minimum atomic E-state index is 0.141. The molecule has 0 atom stereocenters. The molecule has 5 heteroatoms. The van der Waals surface area contributed by atoms with Gasteiger partial charge in [0, 0.05) is 24.6 Å². The number of carbonyl (C=O) groups is 1. The van der Waals surface area contributed by atoms with Crippen molar-refractivity contribution < 1.29 is 9.90 Å². The molecule has 4 nitrogen and oxygen atoms in total. The van der Waals surface area contributed by atoms with Gasteiger partial charge >= 0.3 is 0 Å². The van der Waals surface area contributed by atoms with Crippen LogP contribution in [0.25, 0.3) is 0 Å². The van der Waals surface area contributed by atoms with Crippen molar-refractivity contribution in [2.45, 2.75) is 36.6 Å². The Bertz CT molecular complexity index is 531. The van der Waals surface area contributed by atoms with Crippen LogP contribution in [0.3, 0.4) is 0 Å². The van der Waals surface area contributed by atoms with Crippen molar-refractivity contribution in [3.8, 4) is 6.07 Å².